The van der Waals surface area contributed by atoms with Crippen molar-refractivity contribution >= 4 is 11.7 Å². The zero-order valence-corrected chi connectivity index (χ0v) is 9.86. The molecular formula is C13H19NO2. The molecule has 3 nitrogen and oxygen atoms in total. The summed E-state index contributed by atoms with van der Waals surface area (Å²) >= 11 is 0. The van der Waals surface area contributed by atoms with Crippen molar-refractivity contribution in [3.8, 4) is 0 Å². The monoisotopic (exact) mass is 221 g/mol. The van der Waals surface area contributed by atoms with E-state index >= 15 is 0 Å². The zero-order chi connectivity index (χ0) is 12.0. The van der Waals surface area contributed by atoms with Gasteiger partial charge >= 0.3 is 5.97 Å². The molecular weight excluding hydrogens is 202 g/mol. The van der Waals surface area contributed by atoms with E-state index in [1.165, 1.54) is 5.56 Å². The van der Waals surface area contributed by atoms with Crippen LogP contribution in [0.15, 0.2) is 24.3 Å². The lowest BCUT2D eigenvalue weighted by Gasteiger charge is -2.14. The molecule has 0 heterocycles. The largest absolute Gasteiger partial charge is 0.481 e. The van der Waals surface area contributed by atoms with Gasteiger partial charge in [-0.05, 0) is 24.0 Å². The van der Waals surface area contributed by atoms with Crippen LogP contribution in [-0.4, -0.2) is 17.6 Å². The molecule has 0 aliphatic heterocycles. The summed E-state index contributed by atoms with van der Waals surface area (Å²) in [4.78, 5) is 10.4. The van der Waals surface area contributed by atoms with Crippen LogP contribution in [0, 0.1) is 0 Å². The molecule has 0 radical (unpaired) electrons. The molecule has 0 spiro atoms. The van der Waals surface area contributed by atoms with E-state index in [1.54, 1.807) is 0 Å². The van der Waals surface area contributed by atoms with Gasteiger partial charge in [-0.3, -0.25) is 4.79 Å². The lowest BCUT2D eigenvalue weighted by atomic mass is 10.0. The Morgan fingerprint density at radius 2 is 2.06 bits per heavy atom. The lowest BCUT2D eigenvalue weighted by molar-refractivity contribution is -0.137. The molecule has 1 rings (SSSR count). The highest BCUT2D eigenvalue weighted by atomic mass is 16.4. The van der Waals surface area contributed by atoms with Gasteiger partial charge in [0.15, 0.2) is 0 Å². The summed E-state index contributed by atoms with van der Waals surface area (Å²) in [5, 5.41) is 11.8. The minimum atomic E-state index is -0.737. The summed E-state index contributed by atoms with van der Waals surface area (Å²) in [6.07, 6.45) is 0.874. The Hall–Kier alpha value is -1.51. The van der Waals surface area contributed by atoms with E-state index in [0.717, 1.165) is 5.69 Å². The van der Waals surface area contributed by atoms with Gasteiger partial charge in [0.05, 0.1) is 0 Å². The number of benzene rings is 1. The SMILES string of the molecule is CC(C)c1ccccc1NCCCC(=O)O. The van der Waals surface area contributed by atoms with Gasteiger partial charge in [-0.15, -0.1) is 0 Å². The van der Waals surface area contributed by atoms with Crippen molar-refractivity contribution in [2.75, 3.05) is 11.9 Å². The van der Waals surface area contributed by atoms with Gasteiger partial charge < -0.3 is 10.4 Å². The van der Waals surface area contributed by atoms with E-state index < -0.39 is 5.97 Å². The Bertz CT molecular complexity index is 348. The van der Waals surface area contributed by atoms with Crippen LogP contribution in [0.25, 0.3) is 0 Å². The van der Waals surface area contributed by atoms with Crippen molar-refractivity contribution in [2.45, 2.75) is 32.6 Å². The third kappa shape index (κ3) is 3.93. The molecule has 0 unspecified atom stereocenters. The number of hydrogen-bond acceptors (Lipinski definition) is 2. The van der Waals surface area contributed by atoms with Crippen LogP contribution in [0.4, 0.5) is 5.69 Å². The highest BCUT2D eigenvalue weighted by Crippen LogP contribution is 2.23. The molecule has 16 heavy (non-hydrogen) atoms. The van der Waals surface area contributed by atoms with Crippen LogP contribution in [-0.2, 0) is 4.79 Å². The van der Waals surface area contributed by atoms with Gasteiger partial charge in [0.1, 0.15) is 0 Å². The molecule has 1 aromatic carbocycles. The molecule has 1 aromatic rings. The fourth-order valence-corrected chi connectivity index (χ4v) is 1.62. The van der Waals surface area contributed by atoms with Crippen LogP contribution in [0.5, 0.6) is 0 Å². The number of aliphatic carboxylic acids is 1. The van der Waals surface area contributed by atoms with Gasteiger partial charge in [0.25, 0.3) is 0 Å². The molecule has 2 N–H and O–H groups in total. The van der Waals surface area contributed by atoms with E-state index in [9.17, 15) is 4.79 Å². The second-order valence-electron chi connectivity index (χ2n) is 4.17. The molecule has 0 saturated carbocycles. The lowest BCUT2D eigenvalue weighted by Crippen LogP contribution is -2.07. The number of anilines is 1. The molecule has 0 aliphatic carbocycles. The number of hydrogen-bond donors (Lipinski definition) is 2. The van der Waals surface area contributed by atoms with Gasteiger partial charge in [-0.25, -0.2) is 0 Å². The first-order valence-corrected chi connectivity index (χ1v) is 5.66. The average molecular weight is 221 g/mol. The van der Waals surface area contributed by atoms with Gasteiger partial charge in [-0.1, -0.05) is 32.0 Å². The maximum atomic E-state index is 10.4. The molecule has 0 atom stereocenters. The van der Waals surface area contributed by atoms with Crippen molar-refractivity contribution in [1.82, 2.24) is 0 Å². The minimum Gasteiger partial charge on any atom is -0.481 e. The van der Waals surface area contributed by atoms with E-state index in [1.807, 2.05) is 18.2 Å². The second kappa shape index (κ2) is 6.16. The Morgan fingerprint density at radius 3 is 2.69 bits per heavy atom. The fraction of sp³-hybridized carbons (Fsp3) is 0.462. The topological polar surface area (TPSA) is 49.3 Å². The number of carbonyl (C=O) groups is 1. The average Bonchev–Trinajstić information content (AvgIpc) is 2.24. The second-order valence-corrected chi connectivity index (χ2v) is 4.17. The van der Waals surface area contributed by atoms with E-state index in [2.05, 4.69) is 25.2 Å². The fourth-order valence-electron chi connectivity index (χ4n) is 1.62. The molecule has 0 saturated heterocycles. The molecule has 3 heteroatoms. The van der Waals surface area contributed by atoms with Crippen molar-refractivity contribution in [1.29, 1.82) is 0 Å². The molecule has 0 aliphatic rings. The van der Waals surface area contributed by atoms with Crippen molar-refractivity contribution in [3.05, 3.63) is 29.8 Å². The van der Waals surface area contributed by atoms with Gasteiger partial charge in [-0.2, -0.15) is 0 Å². The van der Waals surface area contributed by atoms with Crippen molar-refractivity contribution in [3.63, 3.8) is 0 Å². The Kier molecular flexibility index (Phi) is 4.83. The first-order valence-electron chi connectivity index (χ1n) is 5.66. The van der Waals surface area contributed by atoms with Gasteiger partial charge in [0, 0.05) is 18.7 Å². The first-order chi connectivity index (χ1) is 7.61. The van der Waals surface area contributed by atoms with Gasteiger partial charge in [0.2, 0.25) is 0 Å². The predicted molar refractivity (Wildman–Crippen MR) is 65.9 cm³/mol. The number of carboxylic acid groups (broad SMARTS) is 1. The third-order valence-corrected chi connectivity index (χ3v) is 2.47. The van der Waals surface area contributed by atoms with E-state index in [4.69, 9.17) is 5.11 Å². The third-order valence-electron chi connectivity index (χ3n) is 2.47. The summed E-state index contributed by atoms with van der Waals surface area (Å²) in [6.45, 7) is 5.01. The van der Waals surface area contributed by atoms with Crippen molar-refractivity contribution < 1.29 is 9.90 Å². The van der Waals surface area contributed by atoms with Crippen LogP contribution >= 0.6 is 0 Å². The quantitative estimate of drug-likeness (QED) is 0.726. The highest BCUT2D eigenvalue weighted by Gasteiger charge is 2.04. The molecule has 0 fully saturated rings. The molecule has 88 valence electrons. The number of para-hydroxylation sites is 1. The first kappa shape index (κ1) is 12.6. The van der Waals surface area contributed by atoms with Crippen LogP contribution in [0.1, 0.15) is 38.2 Å². The number of nitrogens with one attached hydrogen (secondary N) is 1. The molecule has 0 amide bonds. The number of rotatable bonds is 6. The van der Waals surface area contributed by atoms with Crippen molar-refractivity contribution in [2.24, 2.45) is 0 Å². The highest BCUT2D eigenvalue weighted by molar-refractivity contribution is 5.66. The maximum Gasteiger partial charge on any atom is 0.303 e. The Morgan fingerprint density at radius 1 is 1.38 bits per heavy atom. The van der Waals surface area contributed by atoms with Crippen LogP contribution < -0.4 is 5.32 Å². The molecule has 0 aromatic heterocycles. The Balaban J connectivity index is 2.50. The normalized spacial score (nSPS) is 10.4. The van der Waals surface area contributed by atoms with Crippen LogP contribution in [0.3, 0.4) is 0 Å². The maximum absolute atomic E-state index is 10.4. The van der Waals surface area contributed by atoms with Crippen LogP contribution in [0.2, 0.25) is 0 Å². The van der Waals surface area contributed by atoms with E-state index in [0.29, 0.717) is 18.9 Å². The summed E-state index contributed by atoms with van der Waals surface area (Å²) in [5.41, 5.74) is 2.39. The predicted octanol–water partition coefficient (Wildman–Crippen LogP) is 3.09. The summed E-state index contributed by atoms with van der Waals surface area (Å²) in [5.74, 6) is -0.262. The number of carboxylic acids is 1. The standard InChI is InChI=1S/C13H19NO2/c1-10(2)11-6-3-4-7-12(11)14-9-5-8-13(15)16/h3-4,6-7,10,14H,5,8-9H2,1-2H3,(H,15,16). The molecule has 0 bridgehead atoms. The Labute approximate surface area is 96.5 Å². The summed E-state index contributed by atoms with van der Waals surface area (Å²) in [7, 11) is 0. The summed E-state index contributed by atoms with van der Waals surface area (Å²) < 4.78 is 0. The summed E-state index contributed by atoms with van der Waals surface area (Å²) in [6, 6.07) is 8.16. The smallest absolute Gasteiger partial charge is 0.303 e. The zero-order valence-electron chi connectivity index (χ0n) is 9.86. The minimum absolute atomic E-state index is 0.219. The van der Waals surface area contributed by atoms with E-state index in [-0.39, 0.29) is 6.42 Å².